The summed E-state index contributed by atoms with van der Waals surface area (Å²) in [6.45, 7) is 5.68. The SMILES string of the molecule is CCCCCCCCC/C=C\CCCCCCCCCCOCC(COP(=O)(O)OCC[N+](C)(C)C)OC(=O)CCCCCCCCCCCCCCCCCCCCCCC. The second-order valence-electron chi connectivity index (χ2n) is 19.6. The highest BCUT2D eigenvalue weighted by Crippen LogP contribution is 2.43. The minimum atomic E-state index is -4.28. The number of quaternary nitrogens is 1. The summed E-state index contributed by atoms with van der Waals surface area (Å²) in [6.07, 6.45) is 54.0. The van der Waals surface area contributed by atoms with Gasteiger partial charge in [-0.15, -0.1) is 0 Å². The molecular weight excluding hydrogens is 794 g/mol. The van der Waals surface area contributed by atoms with Crippen LogP contribution in [0.3, 0.4) is 0 Å². The summed E-state index contributed by atoms with van der Waals surface area (Å²) in [6, 6.07) is 0. The molecule has 1 N–H and O–H groups in total. The summed E-state index contributed by atoms with van der Waals surface area (Å²) in [5.41, 5.74) is 0. The highest BCUT2D eigenvalue weighted by molar-refractivity contribution is 7.47. The van der Waals surface area contributed by atoms with E-state index in [0.717, 1.165) is 32.1 Å². The topological polar surface area (TPSA) is 91.3 Å². The van der Waals surface area contributed by atoms with Crippen LogP contribution in [0.25, 0.3) is 0 Å². The molecule has 0 aromatic heterocycles. The van der Waals surface area contributed by atoms with Crippen molar-refractivity contribution in [2.24, 2.45) is 0 Å². The van der Waals surface area contributed by atoms with Gasteiger partial charge < -0.3 is 18.9 Å². The van der Waals surface area contributed by atoms with Crippen molar-refractivity contribution >= 4 is 13.8 Å². The lowest BCUT2D eigenvalue weighted by atomic mass is 10.0. The standard InChI is InChI=1S/C53H106NO7P/c1-6-8-10-12-14-16-18-20-22-24-26-27-28-30-32-34-36-38-40-42-44-46-53(55)61-52(51-60-62(56,57)59-49-47-54(3,4)5)50-58-48-45-43-41-39-37-35-33-31-29-25-23-21-19-17-15-13-11-9-7-2/h23,25,52H,6-22,24,26-51H2,1-5H3/p+1/b25-23-. The summed E-state index contributed by atoms with van der Waals surface area (Å²) < 4.78 is 35.2. The Bertz CT molecular complexity index is 1000. The minimum absolute atomic E-state index is 0.0917. The van der Waals surface area contributed by atoms with Gasteiger partial charge in [-0.25, -0.2) is 4.57 Å². The van der Waals surface area contributed by atoms with E-state index in [1.807, 2.05) is 21.1 Å². The molecule has 0 saturated carbocycles. The van der Waals surface area contributed by atoms with Gasteiger partial charge in [0, 0.05) is 13.0 Å². The average molecular weight is 901 g/mol. The van der Waals surface area contributed by atoms with Crippen LogP contribution >= 0.6 is 7.82 Å². The predicted molar refractivity (Wildman–Crippen MR) is 266 cm³/mol. The fourth-order valence-electron chi connectivity index (χ4n) is 7.90. The van der Waals surface area contributed by atoms with Crippen LogP contribution < -0.4 is 0 Å². The number of carbonyl (C=O) groups is 1. The Hall–Kier alpha value is -0.760. The lowest BCUT2D eigenvalue weighted by molar-refractivity contribution is -0.870. The van der Waals surface area contributed by atoms with Crippen LogP contribution in [0.1, 0.15) is 264 Å². The summed E-state index contributed by atoms with van der Waals surface area (Å²) in [7, 11) is 1.68. The van der Waals surface area contributed by atoms with E-state index in [4.69, 9.17) is 18.5 Å². The first-order valence-corrected chi connectivity index (χ1v) is 28.4. The fraction of sp³-hybridized carbons (Fsp3) is 0.943. The molecule has 0 aliphatic heterocycles. The minimum Gasteiger partial charge on any atom is -0.457 e. The first-order chi connectivity index (χ1) is 30.1. The molecule has 0 aliphatic rings. The van der Waals surface area contributed by atoms with Crippen molar-refractivity contribution in [3.05, 3.63) is 12.2 Å². The van der Waals surface area contributed by atoms with E-state index < -0.39 is 13.9 Å². The van der Waals surface area contributed by atoms with E-state index >= 15 is 0 Å². The molecule has 0 radical (unpaired) electrons. The summed E-state index contributed by atoms with van der Waals surface area (Å²) in [5.74, 6) is -0.307. The number of rotatable bonds is 51. The molecule has 0 aromatic carbocycles. The number of unbranched alkanes of at least 4 members (excludes halogenated alkanes) is 35. The zero-order valence-corrected chi connectivity index (χ0v) is 43.0. The highest BCUT2D eigenvalue weighted by atomic mass is 31.2. The number of hydrogen-bond donors (Lipinski definition) is 1. The van der Waals surface area contributed by atoms with Crippen molar-refractivity contribution < 1.29 is 37.3 Å². The third-order valence-electron chi connectivity index (χ3n) is 12.1. The molecule has 0 bridgehead atoms. The second-order valence-corrected chi connectivity index (χ2v) is 21.1. The smallest absolute Gasteiger partial charge is 0.457 e. The number of allylic oxidation sites excluding steroid dienone is 2. The van der Waals surface area contributed by atoms with Gasteiger partial charge in [-0.05, 0) is 38.5 Å². The van der Waals surface area contributed by atoms with Gasteiger partial charge in [-0.2, -0.15) is 0 Å². The van der Waals surface area contributed by atoms with Crippen molar-refractivity contribution in [2.45, 2.75) is 270 Å². The fourth-order valence-corrected chi connectivity index (χ4v) is 8.65. The molecule has 9 heteroatoms. The molecule has 0 rings (SSSR count). The zero-order valence-electron chi connectivity index (χ0n) is 42.1. The maximum absolute atomic E-state index is 12.8. The average Bonchev–Trinajstić information content (AvgIpc) is 3.23. The van der Waals surface area contributed by atoms with Crippen LogP contribution in [0.5, 0.6) is 0 Å². The van der Waals surface area contributed by atoms with Gasteiger partial charge in [-0.3, -0.25) is 13.8 Å². The van der Waals surface area contributed by atoms with Crippen LogP contribution in [0.15, 0.2) is 12.2 Å². The van der Waals surface area contributed by atoms with Crippen LogP contribution in [0, 0.1) is 0 Å². The Kier molecular flexibility index (Phi) is 46.2. The van der Waals surface area contributed by atoms with Crippen molar-refractivity contribution in [1.29, 1.82) is 0 Å². The van der Waals surface area contributed by atoms with Gasteiger partial charge in [0.2, 0.25) is 0 Å². The monoisotopic (exact) mass is 901 g/mol. The van der Waals surface area contributed by atoms with Crippen molar-refractivity contribution in [1.82, 2.24) is 0 Å². The van der Waals surface area contributed by atoms with Gasteiger partial charge in [-0.1, -0.05) is 231 Å². The number of likely N-dealkylation sites (N-methyl/N-ethyl adjacent to an activating group) is 1. The summed E-state index contributed by atoms with van der Waals surface area (Å²) >= 11 is 0. The predicted octanol–water partition coefficient (Wildman–Crippen LogP) is 16.6. The number of carbonyl (C=O) groups excluding carboxylic acids is 1. The third-order valence-corrected chi connectivity index (χ3v) is 13.1. The first-order valence-electron chi connectivity index (χ1n) is 26.9. The number of phosphoric acid groups is 1. The van der Waals surface area contributed by atoms with E-state index in [1.165, 1.54) is 212 Å². The lowest BCUT2D eigenvalue weighted by Crippen LogP contribution is -2.37. The van der Waals surface area contributed by atoms with E-state index in [1.54, 1.807) is 0 Å². The molecule has 0 aliphatic carbocycles. The van der Waals surface area contributed by atoms with Crippen molar-refractivity contribution in [3.8, 4) is 0 Å². The van der Waals surface area contributed by atoms with Gasteiger partial charge in [0.1, 0.15) is 19.3 Å². The summed E-state index contributed by atoms with van der Waals surface area (Å²) in [5, 5.41) is 0. The first kappa shape index (κ1) is 61.2. The maximum atomic E-state index is 12.8. The van der Waals surface area contributed by atoms with Crippen molar-refractivity contribution in [3.63, 3.8) is 0 Å². The van der Waals surface area contributed by atoms with Crippen LogP contribution in [-0.2, 0) is 27.9 Å². The highest BCUT2D eigenvalue weighted by Gasteiger charge is 2.26. The number of esters is 1. The normalized spacial score (nSPS) is 13.6. The molecule has 0 heterocycles. The van der Waals surface area contributed by atoms with Gasteiger partial charge in [0.05, 0.1) is 34.4 Å². The van der Waals surface area contributed by atoms with Gasteiger partial charge >= 0.3 is 13.8 Å². The molecule has 2 unspecified atom stereocenters. The summed E-state index contributed by atoms with van der Waals surface area (Å²) in [4.78, 5) is 23.0. The Labute approximate surface area is 386 Å². The second kappa shape index (κ2) is 46.8. The Morgan fingerprint density at radius 2 is 0.839 bits per heavy atom. The number of ether oxygens (including phenoxy) is 2. The molecule has 8 nitrogen and oxygen atoms in total. The van der Waals surface area contributed by atoms with E-state index in [9.17, 15) is 14.3 Å². The van der Waals surface area contributed by atoms with E-state index in [-0.39, 0.29) is 25.8 Å². The molecular formula is C53H107NO7P+. The van der Waals surface area contributed by atoms with E-state index in [2.05, 4.69) is 26.0 Å². The van der Waals surface area contributed by atoms with Gasteiger partial charge in [0.15, 0.2) is 0 Å². The van der Waals surface area contributed by atoms with Gasteiger partial charge in [0.25, 0.3) is 0 Å². The molecule has 0 spiro atoms. The Morgan fingerprint density at radius 3 is 1.23 bits per heavy atom. The number of hydrogen-bond acceptors (Lipinski definition) is 6. The quantitative estimate of drug-likeness (QED) is 0.0214. The Balaban J connectivity index is 4.08. The van der Waals surface area contributed by atoms with Crippen molar-refractivity contribution in [2.75, 3.05) is 54.1 Å². The maximum Gasteiger partial charge on any atom is 0.472 e. The zero-order chi connectivity index (χ0) is 45.5. The third kappa shape index (κ3) is 50.2. The molecule has 0 fully saturated rings. The largest absolute Gasteiger partial charge is 0.472 e. The molecule has 0 amide bonds. The molecule has 62 heavy (non-hydrogen) atoms. The number of phosphoric ester groups is 1. The van der Waals surface area contributed by atoms with Crippen LogP contribution in [0.2, 0.25) is 0 Å². The molecule has 370 valence electrons. The van der Waals surface area contributed by atoms with Crippen LogP contribution in [0.4, 0.5) is 0 Å². The van der Waals surface area contributed by atoms with Crippen LogP contribution in [-0.4, -0.2) is 75.6 Å². The van der Waals surface area contributed by atoms with E-state index in [0.29, 0.717) is 24.1 Å². The lowest BCUT2D eigenvalue weighted by Gasteiger charge is -2.24. The Morgan fingerprint density at radius 1 is 0.484 bits per heavy atom. The molecule has 0 saturated heterocycles. The number of nitrogens with zero attached hydrogens (tertiary/aromatic N) is 1. The molecule has 0 aromatic rings. The molecule has 2 atom stereocenters.